The van der Waals surface area contributed by atoms with Crippen LogP contribution in [0.3, 0.4) is 0 Å². The third-order valence-corrected chi connectivity index (χ3v) is 3.80. The number of halogens is 2. The van der Waals surface area contributed by atoms with Gasteiger partial charge in [0.05, 0.1) is 23.3 Å². The highest BCUT2D eigenvalue weighted by Crippen LogP contribution is 2.35. The van der Waals surface area contributed by atoms with Gasteiger partial charge in [0.25, 0.3) is 0 Å². The molecule has 1 aromatic heterocycles. The van der Waals surface area contributed by atoms with Crippen molar-refractivity contribution in [2.75, 3.05) is 18.0 Å². The Morgan fingerprint density at radius 3 is 2.71 bits per heavy atom. The Bertz CT molecular complexity index is 693. The van der Waals surface area contributed by atoms with Gasteiger partial charge in [0.2, 0.25) is 5.58 Å². The van der Waals surface area contributed by atoms with Crippen LogP contribution < -0.4 is 4.90 Å². The van der Waals surface area contributed by atoms with Crippen molar-refractivity contribution in [2.45, 2.75) is 26.1 Å². The van der Waals surface area contributed by atoms with E-state index < -0.39 is 5.82 Å². The molecule has 1 aromatic carbocycles. The second-order valence-electron chi connectivity index (χ2n) is 5.26. The van der Waals surface area contributed by atoms with Gasteiger partial charge in [-0.25, -0.2) is 4.39 Å². The van der Waals surface area contributed by atoms with E-state index in [4.69, 9.17) is 20.9 Å². The zero-order valence-corrected chi connectivity index (χ0v) is 12.4. The molecule has 0 N–H and O–H groups in total. The Balaban J connectivity index is 2.16. The molecule has 2 aromatic rings. The minimum Gasteiger partial charge on any atom is -0.372 e. The van der Waals surface area contributed by atoms with E-state index in [2.05, 4.69) is 5.16 Å². The molecule has 1 fully saturated rings. The summed E-state index contributed by atoms with van der Waals surface area (Å²) in [5.41, 5.74) is 0.408. The van der Waals surface area contributed by atoms with Crippen LogP contribution >= 0.6 is 11.6 Å². The molecule has 2 heterocycles. The minimum absolute atomic E-state index is 0.0348. The average Bonchev–Trinajstić information content (AvgIpc) is 2.79. The monoisotopic (exact) mass is 312 g/mol. The van der Waals surface area contributed by atoms with Crippen molar-refractivity contribution in [3.8, 4) is 0 Å². The number of morpholine rings is 1. The summed E-state index contributed by atoms with van der Waals surface area (Å²) in [7, 11) is 0. The smallest absolute Gasteiger partial charge is 0.206 e. The van der Waals surface area contributed by atoms with Crippen molar-refractivity contribution >= 4 is 34.5 Å². The number of ether oxygens (including phenoxy) is 1. The molecule has 0 spiro atoms. The largest absolute Gasteiger partial charge is 0.372 e. The lowest BCUT2D eigenvalue weighted by Gasteiger charge is -2.37. The van der Waals surface area contributed by atoms with E-state index in [9.17, 15) is 9.18 Å². The van der Waals surface area contributed by atoms with Crippen LogP contribution in [0.4, 0.5) is 10.1 Å². The van der Waals surface area contributed by atoms with Crippen LogP contribution in [-0.2, 0) is 4.74 Å². The van der Waals surface area contributed by atoms with E-state index in [0.717, 1.165) is 0 Å². The van der Waals surface area contributed by atoms with Crippen molar-refractivity contribution in [2.24, 2.45) is 0 Å². The van der Waals surface area contributed by atoms with Crippen LogP contribution in [0, 0.1) is 5.82 Å². The summed E-state index contributed by atoms with van der Waals surface area (Å²) in [6.07, 6.45) is 0.509. The summed E-state index contributed by atoms with van der Waals surface area (Å²) in [5.74, 6) is -0.615. The van der Waals surface area contributed by atoms with Gasteiger partial charge < -0.3 is 14.2 Å². The Kier molecular flexibility index (Phi) is 3.59. The van der Waals surface area contributed by atoms with E-state index in [1.54, 1.807) is 4.90 Å². The summed E-state index contributed by atoms with van der Waals surface area (Å²) < 4.78 is 25.3. The number of hydrogen-bond acceptors (Lipinski definition) is 5. The fraction of sp³-hybridized carbons (Fsp3) is 0.429. The van der Waals surface area contributed by atoms with Gasteiger partial charge in [-0.3, -0.25) is 4.79 Å². The topological polar surface area (TPSA) is 55.6 Å². The lowest BCUT2D eigenvalue weighted by molar-refractivity contribution is -0.00542. The van der Waals surface area contributed by atoms with Gasteiger partial charge in [0, 0.05) is 18.7 Å². The zero-order chi connectivity index (χ0) is 15.1. The SMILES string of the molecule is CC1CN(c2c(C=O)cc3c(Cl)noc3c2F)CC(C)O1. The molecule has 2 unspecified atom stereocenters. The summed E-state index contributed by atoms with van der Waals surface area (Å²) >= 11 is 5.84. The number of carbonyl (C=O) groups is 1. The standard InChI is InChI=1S/C14H14ClFN2O3/c1-7-4-18(5-8(2)20-7)12-9(6-19)3-10-13(11(12)16)21-17-14(10)15/h3,6-8H,4-5H2,1-2H3. The van der Waals surface area contributed by atoms with Crippen LogP contribution in [0.25, 0.3) is 11.0 Å². The maximum Gasteiger partial charge on any atom is 0.206 e. The Hall–Kier alpha value is -1.66. The molecular weight excluding hydrogens is 299 g/mol. The first-order valence-electron chi connectivity index (χ1n) is 6.64. The number of benzene rings is 1. The van der Waals surface area contributed by atoms with Crippen LogP contribution in [0.5, 0.6) is 0 Å². The molecule has 7 heteroatoms. The maximum absolute atomic E-state index is 14.7. The first kappa shape index (κ1) is 14.3. The molecule has 0 radical (unpaired) electrons. The molecule has 21 heavy (non-hydrogen) atoms. The second kappa shape index (κ2) is 5.27. The Morgan fingerprint density at radius 1 is 1.43 bits per heavy atom. The predicted octanol–water partition coefficient (Wildman–Crippen LogP) is 3.05. The molecule has 1 aliphatic heterocycles. The lowest BCUT2D eigenvalue weighted by Crippen LogP contribution is -2.46. The summed E-state index contributed by atoms with van der Waals surface area (Å²) in [6.45, 7) is 4.81. The van der Waals surface area contributed by atoms with Crippen LogP contribution in [0.15, 0.2) is 10.6 Å². The molecule has 3 rings (SSSR count). The number of nitrogens with zero attached hydrogens (tertiary/aromatic N) is 2. The van der Waals surface area contributed by atoms with Crippen molar-refractivity contribution in [1.29, 1.82) is 0 Å². The Labute approximate surface area is 125 Å². The number of aldehydes is 1. The van der Waals surface area contributed by atoms with Gasteiger partial charge in [0.1, 0.15) is 0 Å². The molecule has 1 saturated heterocycles. The average molecular weight is 313 g/mol. The number of anilines is 1. The summed E-state index contributed by atoms with van der Waals surface area (Å²) in [5, 5.41) is 3.88. The highest BCUT2D eigenvalue weighted by Gasteiger charge is 2.29. The molecule has 112 valence electrons. The molecular formula is C14H14ClFN2O3. The fourth-order valence-electron chi connectivity index (χ4n) is 2.79. The van der Waals surface area contributed by atoms with E-state index in [0.29, 0.717) is 24.8 Å². The zero-order valence-electron chi connectivity index (χ0n) is 11.6. The molecule has 0 amide bonds. The molecule has 0 saturated carbocycles. The normalized spacial score (nSPS) is 22.8. The van der Waals surface area contributed by atoms with Crippen molar-refractivity contribution in [3.05, 3.63) is 22.6 Å². The fourth-order valence-corrected chi connectivity index (χ4v) is 2.97. The molecule has 5 nitrogen and oxygen atoms in total. The first-order chi connectivity index (χ1) is 10.0. The summed E-state index contributed by atoms with van der Waals surface area (Å²) in [4.78, 5) is 13.1. The third kappa shape index (κ3) is 2.38. The van der Waals surface area contributed by atoms with Crippen molar-refractivity contribution in [1.82, 2.24) is 5.16 Å². The van der Waals surface area contributed by atoms with Gasteiger partial charge in [-0.2, -0.15) is 0 Å². The lowest BCUT2D eigenvalue weighted by atomic mass is 10.1. The van der Waals surface area contributed by atoms with Gasteiger partial charge in [0.15, 0.2) is 17.3 Å². The van der Waals surface area contributed by atoms with Crippen LogP contribution in [-0.4, -0.2) is 36.7 Å². The first-order valence-corrected chi connectivity index (χ1v) is 7.02. The number of rotatable bonds is 2. The summed E-state index contributed by atoms with van der Waals surface area (Å²) in [6, 6.07) is 1.50. The maximum atomic E-state index is 14.7. The molecule has 2 atom stereocenters. The number of aromatic nitrogens is 1. The van der Waals surface area contributed by atoms with Gasteiger partial charge in [-0.05, 0) is 19.9 Å². The van der Waals surface area contributed by atoms with E-state index >= 15 is 0 Å². The molecule has 0 aliphatic carbocycles. The quantitative estimate of drug-likeness (QED) is 0.798. The number of hydrogen-bond donors (Lipinski definition) is 0. The third-order valence-electron chi connectivity index (χ3n) is 3.53. The van der Waals surface area contributed by atoms with E-state index in [1.807, 2.05) is 13.8 Å². The molecule has 0 bridgehead atoms. The second-order valence-corrected chi connectivity index (χ2v) is 5.62. The van der Waals surface area contributed by atoms with Crippen molar-refractivity contribution in [3.63, 3.8) is 0 Å². The Morgan fingerprint density at radius 2 is 2.10 bits per heavy atom. The van der Waals surface area contributed by atoms with Gasteiger partial charge in [-0.15, -0.1) is 0 Å². The number of carbonyl (C=O) groups excluding carboxylic acids is 1. The van der Waals surface area contributed by atoms with Crippen LogP contribution in [0.2, 0.25) is 5.15 Å². The van der Waals surface area contributed by atoms with Crippen molar-refractivity contribution < 1.29 is 18.4 Å². The van der Waals surface area contributed by atoms with Gasteiger partial charge in [-0.1, -0.05) is 16.8 Å². The van der Waals surface area contributed by atoms with Crippen LogP contribution in [0.1, 0.15) is 24.2 Å². The van der Waals surface area contributed by atoms with E-state index in [-0.39, 0.29) is 34.2 Å². The molecule has 1 aliphatic rings. The van der Waals surface area contributed by atoms with E-state index in [1.165, 1.54) is 6.07 Å². The minimum atomic E-state index is -0.615. The highest BCUT2D eigenvalue weighted by molar-refractivity contribution is 6.34. The highest BCUT2D eigenvalue weighted by atomic mass is 35.5. The predicted molar refractivity (Wildman–Crippen MR) is 76.6 cm³/mol. The van der Waals surface area contributed by atoms with Gasteiger partial charge >= 0.3 is 0 Å². The number of fused-ring (bicyclic) bond motifs is 1.